The van der Waals surface area contributed by atoms with Gasteiger partial charge in [0.25, 0.3) is 0 Å². The van der Waals surface area contributed by atoms with Crippen LogP contribution in [-0.4, -0.2) is 37.2 Å². The number of carbonyl (C=O) groups excluding carboxylic acids is 3. The monoisotopic (exact) mass is 464 g/mol. The summed E-state index contributed by atoms with van der Waals surface area (Å²) in [5.74, 6) is -0.682. The second kappa shape index (κ2) is 12.2. The van der Waals surface area contributed by atoms with Crippen LogP contribution in [0.15, 0.2) is 85.0 Å². The van der Waals surface area contributed by atoms with E-state index in [4.69, 9.17) is 18.9 Å². The Hall–Kier alpha value is -4.13. The van der Waals surface area contributed by atoms with Gasteiger partial charge in [-0.1, -0.05) is 44.0 Å². The Labute approximate surface area is 199 Å². The van der Waals surface area contributed by atoms with Gasteiger partial charge in [0.1, 0.15) is 24.7 Å². The molecule has 2 rings (SSSR count). The van der Waals surface area contributed by atoms with Gasteiger partial charge in [-0.25, -0.2) is 14.4 Å². The van der Waals surface area contributed by atoms with Crippen molar-refractivity contribution in [2.75, 3.05) is 13.2 Å². The molecule has 0 aliphatic rings. The normalized spacial score (nSPS) is 10.2. The minimum atomic E-state index is -0.722. The largest absolute Gasteiger partial charge is 0.483 e. The Morgan fingerprint density at radius 1 is 0.647 bits per heavy atom. The van der Waals surface area contributed by atoms with E-state index in [1.165, 1.54) is 13.8 Å². The standard InChI is InChI=1S/C27H28O7/c1-17(2)25(28)31-15-24(16-32-26(29)18(3)4)33-22-11-7-20(8-12-22)21-9-13-23(14-10-21)34-27(30)19(5)6/h7-14,24H,1,3,5,15-16H2,2,4,6H3. The minimum absolute atomic E-state index is 0.124. The molecular formula is C27H28O7. The van der Waals surface area contributed by atoms with Gasteiger partial charge in [-0.05, 0) is 56.2 Å². The first-order chi connectivity index (χ1) is 16.1. The van der Waals surface area contributed by atoms with Crippen molar-refractivity contribution < 1.29 is 33.3 Å². The molecule has 0 N–H and O–H groups in total. The van der Waals surface area contributed by atoms with E-state index in [0.29, 0.717) is 17.1 Å². The molecule has 0 amide bonds. The maximum atomic E-state index is 11.7. The molecule has 0 aliphatic heterocycles. The SMILES string of the molecule is C=C(C)C(=O)OCC(COC(=O)C(=C)C)Oc1ccc(-c2ccc(OC(=O)C(=C)C)cc2)cc1. The molecule has 2 aromatic carbocycles. The van der Waals surface area contributed by atoms with Gasteiger partial charge in [0.2, 0.25) is 0 Å². The third-order valence-electron chi connectivity index (χ3n) is 4.40. The first-order valence-electron chi connectivity index (χ1n) is 10.5. The van der Waals surface area contributed by atoms with Crippen LogP contribution in [0.1, 0.15) is 20.8 Å². The van der Waals surface area contributed by atoms with E-state index in [0.717, 1.165) is 11.1 Å². The molecule has 34 heavy (non-hydrogen) atoms. The maximum Gasteiger partial charge on any atom is 0.338 e. The Bertz CT molecular complexity index is 1050. The van der Waals surface area contributed by atoms with E-state index in [-0.39, 0.29) is 24.4 Å². The average Bonchev–Trinajstić information content (AvgIpc) is 2.81. The summed E-state index contributed by atoms with van der Waals surface area (Å²) < 4.78 is 21.4. The van der Waals surface area contributed by atoms with Crippen LogP contribution in [0.5, 0.6) is 11.5 Å². The average molecular weight is 465 g/mol. The maximum absolute atomic E-state index is 11.7. The first-order valence-corrected chi connectivity index (χ1v) is 10.5. The number of hydrogen-bond acceptors (Lipinski definition) is 7. The predicted octanol–water partition coefficient (Wildman–Crippen LogP) is 4.82. The van der Waals surface area contributed by atoms with Crippen molar-refractivity contribution in [3.05, 3.63) is 85.0 Å². The molecule has 7 nitrogen and oxygen atoms in total. The fourth-order valence-corrected chi connectivity index (χ4v) is 2.53. The summed E-state index contributed by atoms with van der Waals surface area (Å²) in [6.45, 7) is 15.0. The summed E-state index contributed by atoms with van der Waals surface area (Å²) in [5, 5.41) is 0. The van der Waals surface area contributed by atoms with Crippen LogP contribution in [0.25, 0.3) is 11.1 Å². The summed E-state index contributed by atoms with van der Waals surface area (Å²) in [6, 6.07) is 14.2. The summed E-state index contributed by atoms with van der Waals surface area (Å²) >= 11 is 0. The second-order valence-corrected chi connectivity index (χ2v) is 7.72. The second-order valence-electron chi connectivity index (χ2n) is 7.72. The Morgan fingerprint density at radius 2 is 1.03 bits per heavy atom. The van der Waals surface area contributed by atoms with Crippen molar-refractivity contribution >= 4 is 17.9 Å². The van der Waals surface area contributed by atoms with Gasteiger partial charge in [0.05, 0.1) is 0 Å². The summed E-state index contributed by atoms with van der Waals surface area (Å²) in [6.07, 6.45) is -0.722. The quantitative estimate of drug-likeness (QED) is 0.268. The fraction of sp³-hybridized carbons (Fsp3) is 0.222. The topological polar surface area (TPSA) is 88.1 Å². The summed E-state index contributed by atoms with van der Waals surface area (Å²) in [7, 11) is 0. The van der Waals surface area contributed by atoms with Gasteiger partial charge in [-0.2, -0.15) is 0 Å². The molecule has 0 fully saturated rings. The molecule has 0 saturated heterocycles. The smallest absolute Gasteiger partial charge is 0.338 e. The van der Waals surface area contributed by atoms with Gasteiger partial charge >= 0.3 is 17.9 Å². The summed E-state index contributed by atoms with van der Waals surface area (Å²) in [4.78, 5) is 35.1. The molecule has 0 bridgehead atoms. The van der Waals surface area contributed by atoms with Gasteiger partial charge in [-0.15, -0.1) is 0 Å². The molecule has 0 unspecified atom stereocenters. The third kappa shape index (κ3) is 8.09. The molecular weight excluding hydrogens is 436 g/mol. The molecule has 0 radical (unpaired) electrons. The van der Waals surface area contributed by atoms with Gasteiger partial charge in [-0.3, -0.25) is 0 Å². The molecule has 7 heteroatoms. The van der Waals surface area contributed by atoms with Gasteiger partial charge < -0.3 is 18.9 Å². The number of benzene rings is 2. The van der Waals surface area contributed by atoms with E-state index in [2.05, 4.69) is 19.7 Å². The van der Waals surface area contributed by atoms with Crippen molar-refractivity contribution in [2.24, 2.45) is 0 Å². The minimum Gasteiger partial charge on any atom is -0.483 e. The lowest BCUT2D eigenvalue weighted by molar-refractivity contribution is -0.146. The zero-order valence-corrected chi connectivity index (χ0v) is 19.6. The van der Waals surface area contributed by atoms with Gasteiger partial charge in [0.15, 0.2) is 6.10 Å². The van der Waals surface area contributed by atoms with Crippen molar-refractivity contribution in [3.8, 4) is 22.6 Å². The molecule has 178 valence electrons. The molecule has 2 aromatic rings. The zero-order valence-electron chi connectivity index (χ0n) is 19.6. The Morgan fingerprint density at radius 3 is 1.41 bits per heavy atom. The highest BCUT2D eigenvalue weighted by molar-refractivity contribution is 5.89. The van der Waals surface area contributed by atoms with Crippen LogP contribution in [0.4, 0.5) is 0 Å². The number of hydrogen-bond donors (Lipinski definition) is 0. The lowest BCUT2D eigenvalue weighted by Gasteiger charge is -2.19. The molecule has 0 aliphatic carbocycles. The molecule has 0 atom stereocenters. The first kappa shape index (κ1) is 26.1. The predicted molar refractivity (Wildman–Crippen MR) is 128 cm³/mol. The third-order valence-corrected chi connectivity index (χ3v) is 4.40. The molecule has 0 aromatic heterocycles. The van der Waals surface area contributed by atoms with Crippen LogP contribution in [0, 0.1) is 0 Å². The number of esters is 3. The van der Waals surface area contributed by atoms with Gasteiger partial charge in [0, 0.05) is 16.7 Å². The van der Waals surface area contributed by atoms with Crippen LogP contribution in [0.3, 0.4) is 0 Å². The van der Waals surface area contributed by atoms with Crippen LogP contribution in [0.2, 0.25) is 0 Å². The number of ether oxygens (including phenoxy) is 4. The van der Waals surface area contributed by atoms with Crippen LogP contribution in [-0.2, 0) is 23.9 Å². The highest BCUT2D eigenvalue weighted by atomic mass is 16.6. The molecule has 0 heterocycles. The Kier molecular flexibility index (Phi) is 9.38. The van der Waals surface area contributed by atoms with Crippen LogP contribution >= 0.6 is 0 Å². The van der Waals surface area contributed by atoms with E-state index in [1.54, 1.807) is 31.2 Å². The highest BCUT2D eigenvalue weighted by Crippen LogP contribution is 2.25. The van der Waals surface area contributed by atoms with Crippen molar-refractivity contribution in [1.29, 1.82) is 0 Å². The number of carbonyl (C=O) groups is 3. The zero-order chi connectivity index (χ0) is 25.3. The lowest BCUT2D eigenvalue weighted by atomic mass is 10.1. The molecule has 0 spiro atoms. The van der Waals surface area contributed by atoms with Crippen molar-refractivity contribution in [3.63, 3.8) is 0 Å². The highest BCUT2D eigenvalue weighted by Gasteiger charge is 2.17. The van der Waals surface area contributed by atoms with E-state index < -0.39 is 24.0 Å². The lowest BCUT2D eigenvalue weighted by Crippen LogP contribution is -2.31. The summed E-state index contributed by atoms with van der Waals surface area (Å²) in [5.41, 5.74) is 2.64. The number of rotatable bonds is 11. The van der Waals surface area contributed by atoms with E-state index >= 15 is 0 Å². The van der Waals surface area contributed by atoms with Crippen molar-refractivity contribution in [1.82, 2.24) is 0 Å². The Balaban J connectivity index is 2.06. The molecule has 0 saturated carbocycles. The van der Waals surface area contributed by atoms with E-state index in [1.807, 2.05) is 24.3 Å². The van der Waals surface area contributed by atoms with Crippen LogP contribution < -0.4 is 9.47 Å². The fourth-order valence-electron chi connectivity index (χ4n) is 2.53. The van der Waals surface area contributed by atoms with E-state index in [9.17, 15) is 14.4 Å². The van der Waals surface area contributed by atoms with Crippen molar-refractivity contribution in [2.45, 2.75) is 26.9 Å².